The number of anilines is 2. The van der Waals surface area contributed by atoms with Crippen LogP contribution in [0.15, 0.2) is 24.4 Å². The average Bonchev–Trinajstić information content (AvgIpc) is 2.74. The van der Waals surface area contributed by atoms with E-state index in [0.717, 1.165) is 23.2 Å². The molecule has 1 aromatic heterocycles. The van der Waals surface area contributed by atoms with Crippen LogP contribution in [0.1, 0.15) is 12.0 Å². The number of hydrogen-bond acceptors (Lipinski definition) is 3. The lowest BCUT2D eigenvalue weighted by Gasteiger charge is -2.27. The van der Waals surface area contributed by atoms with Crippen LogP contribution in [0, 0.1) is 0 Å². The van der Waals surface area contributed by atoms with Gasteiger partial charge in [0.05, 0.1) is 6.20 Å². The Morgan fingerprint density at radius 2 is 2.00 bits per heavy atom. The van der Waals surface area contributed by atoms with Gasteiger partial charge in [-0.25, -0.2) is 0 Å². The molecule has 2 aromatic rings. The molecule has 0 radical (unpaired) electrons. The summed E-state index contributed by atoms with van der Waals surface area (Å²) < 4.78 is 1.66. The van der Waals surface area contributed by atoms with E-state index in [1.54, 1.807) is 15.8 Å². The van der Waals surface area contributed by atoms with Crippen LogP contribution in [-0.2, 0) is 18.3 Å². The highest BCUT2D eigenvalue weighted by Gasteiger charge is 2.24. The van der Waals surface area contributed by atoms with E-state index in [1.807, 2.05) is 32.3 Å². The molecule has 0 saturated heterocycles. The summed E-state index contributed by atoms with van der Waals surface area (Å²) in [5, 5.41) is 4.19. The summed E-state index contributed by atoms with van der Waals surface area (Å²) in [7, 11) is 3.64. The van der Waals surface area contributed by atoms with E-state index in [-0.39, 0.29) is 5.91 Å². The van der Waals surface area contributed by atoms with Gasteiger partial charge < -0.3 is 10.6 Å². The van der Waals surface area contributed by atoms with Gasteiger partial charge in [-0.15, -0.1) is 0 Å². The number of hydrogen-bond donors (Lipinski definition) is 1. The highest BCUT2D eigenvalue weighted by molar-refractivity contribution is 5.98. The third kappa shape index (κ3) is 1.69. The van der Waals surface area contributed by atoms with E-state index in [4.69, 9.17) is 5.73 Å². The monoisotopic (exact) mass is 256 g/mol. The number of carbonyl (C=O) groups is 1. The molecule has 0 spiro atoms. The number of aryl methyl sites for hydroxylation is 1. The topological polar surface area (TPSA) is 64.2 Å². The molecular formula is C14H16N4O. The van der Waals surface area contributed by atoms with Gasteiger partial charge in [-0.1, -0.05) is 12.1 Å². The van der Waals surface area contributed by atoms with Gasteiger partial charge in [-0.3, -0.25) is 9.48 Å². The van der Waals surface area contributed by atoms with Crippen molar-refractivity contribution in [3.05, 3.63) is 30.0 Å². The van der Waals surface area contributed by atoms with E-state index in [9.17, 15) is 4.79 Å². The van der Waals surface area contributed by atoms with Crippen LogP contribution in [0.3, 0.4) is 0 Å². The molecule has 2 N–H and O–H groups in total. The molecule has 1 amide bonds. The molecule has 3 rings (SSSR count). The maximum Gasteiger partial charge on any atom is 0.227 e. The summed E-state index contributed by atoms with van der Waals surface area (Å²) in [4.78, 5) is 13.5. The number of aromatic nitrogens is 2. The van der Waals surface area contributed by atoms with E-state index < -0.39 is 0 Å². The van der Waals surface area contributed by atoms with Gasteiger partial charge in [0.15, 0.2) is 0 Å². The molecule has 5 nitrogen and oxygen atoms in total. The zero-order chi connectivity index (χ0) is 13.6. The largest absolute Gasteiger partial charge is 0.383 e. The predicted octanol–water partition coefficient (Wildman–Crippen LogP) is 1.58. The van der Waals surface area contributed by atoms with Gasteiger partial charge in [0.25, 0.3) is 0 Å². The molecule has 0 fully saturated rings. The Morgan fingerprint density at radius 3 is 2.68 bits per heavy atom. The van der Waals surface area contributed by atoms with Crippen molar-refractivity contribution in [1.29, 1.82) is 0 Å². The highest BCUT2D eigenvalue weighted by Crippen LogP contribution is 2.36. The van der Waals surface area contributed by atoms with E-state index in [1.165, 1.54) is 5.56 Å². The SMILES string of the molecule is CN1C(=O)CCc2c(-c3cnn(C)c3N)cccc21. The lowest BCUT2D eigenvalue weighted by Crippen LogP contribution is -2.31. The standard InChI is InChI=1S/C14H16N4O/c1-17-12-5-3-4-9(10(12)6-7-13(17)19)11-8-16-18(2)14(11)15/h3-5,8H,6-7,15H2,1-2H3. The van der Waals surface area contributed by atoms with Crippen LogP contribution < -0.4 is 10.6 Å². The first-order chi connectivity index (χ1) is 9.09. The smallest absolute Gasteiger partial charge is 0.227 e. The van der Waals surface area contributed by atoms with Crippen LogP contribution in [0.5, 0.6) is 0 Å². The van der Waals surface area contributed by atoms with E-state index >= 15 is 0 Å². The van der Waals surface area contributed by atoms with Gasteiger partial charge in [0, 0.05) is 31.8 Å². The Bertz CT molecular complexity index is 659. The fourth-order valence-electron chi connectivity index (χ4n) is 2.59. The van der Waals surface area contributed by atoms with Crippen molar-refractivity contribution in [2.24, 2.45) is 7.05 Å². The van der Waals surface area contributed by atoms with Gasteiger partial charge >= 0.3 is 0 Å². The molecule has 19 heavy (non-hydrogen) atoms. The number of nitrogens with two attached hydrogens (primary N) is 1. The Kier molecular flexibility index (Phi) is 2.55. The number of nitrogen functional groups attached to an aromatic ring is 1. The van der Waals surface area contributed by atoms with Gasteiger partial charge in [0.1, 0.15) is 5.82 Å². The molecule has 5 heteroatoms. The van der Waals surface area contributed by atoms with Crippen LogP contribution in [0.25, 0.3) is 11.1 Å². The minimum absolute atomic E-state index is 0.156. The Labute approximate surface area is 111 Å². The molecule has 0 aliphatic carbocycles. The number of rotatable bonds is 1. The highest BCUT2D eigenvalue weighted by atomic mass is 16.2. The van der Waals surface area contributed by atoms with Crippen molar-refractivity contribution in [3.63, 3.8) is 0 Å². The fraction of sp³-hybridized carbons (Fsp3) is 0.286. The van der Waals surface area contributed by atoms with Gasteiger partial charge in [0.2, 0.25) is 5.91 Å². The van der Waals surface area contributed by atoms with Crippen molar-refractivity contribution in [3.8, 4) is 11.1 Å². The second-order valence-corrected chi connectivity index (χ2v) is 4.82. The van der Waals surface area contributed by atoms with Gasteiger partial charge in [-0.05, 0) is 23.6 Å². The third-order valence-electron chi connectivity index (χ3n) is 3.75. The van der Waals surface area contributed by atoms with Crippen molar-refractivity contribution in [2.45, 2.75) is 12.8 Å². The molecule has 1 aromatic carbocycles. The summed E-state index contributed by atoms with van der Waals surface area (Å²) in [5.41, 5.74) is 10.2. The Morgan fingerprint density at radius 1 is 1.21 bits per heavy atom. The minimum Gasteiger partial charge on any atom is -0.383 e. The van der Waals surface area contributed by atoms with Crippen LogP contribution in [0.2, 0.25) is 0 Å². The Hall–Kier alpha value is -2.30. The van der Waals surface area contributed by atoms with Crippen LogP contribution in [-0.4, -0.2) is 22.7 Å². The summed E-state index contributed by atoms with van der Waals surface area (Å²) in [6, 6.07) is 5.97. The number of benzene rings is 1. The predicted molar refractivity (Wildman–Crippen MR) is 74.8 cm³/mol. The molecule has 2 heterocycles. The fourth-order valence-corrected chi connectivity index (χ4v) is 2.59. The summed E-state index contributed by atoms with van der Waals surface area (Å²) in [6.07, 6.45) is 3.07. The molecule has 0 saturated carbocycles. The lowest BCUT2D eigenvalue weighted by atomic mass is 9.93. The summed E-state index contributed by atoms with van der Waals surface area (Å²) in [6.45, 7) is 0. The maximum absolute atomic E-state index is 11.8. The molecule has 98 valence electrons. The first kappa shape index (κ1) is 11.8. The molecule has 0 bridgehead atoms. The molecule has 1 aliphatic rings. The van der Waals surface area contributed by atoms with Crippen molar-refractivity contribution in [1.82, 2.24) is 9.78 Å². The number of fused-ring (bicyclic) bond motifs is 1. The first-order valence-electron chi connectivity index (χ1n) is 6.26. The molecule has 0 unspecified atom stereocenters. The quantitative estimate of drug-likeness (QED) is 0.842. The zero-order valence-electron chi connectivity index (χ0n) is 11.1. The third-order valence-corrected chi connectivity index (χ3v) is 3.75. The number of nitrogens with zero attached hydrogens (tertiary/aromatic N) is 3. The first-order valence-corrected chi connectivity index (χ1v) is 6.26. The van der Waals surface area contributed by atoms with E-state index in [2.05, 4.69) is 5.10 Å². The van der Waals surface area contributed by atoms with Gasteiger partial charge in [-0.2, -0.15) is 5.10 Å². The van der Waals surface area contributed by atoms with Crippen molar-refractivity contribution >= 4 is 17.4 Å². The minimum atomic E-state index is 0.156. The van der Waals surface area contributed by atoms with Crippen molar-refractivity contribution in [2.75, 3.05) is 17.7 Å². The maximum atomic E-state index is 11.8. The second kappa shape index (κ2) is 4.12. The number of amides is 1. The lowest BCUT2D eigenvalue weighted by molar-refractivity contribution is -0.118. The van der Waals surface area contributed by atoms with Crippen LogP contribution >= 0.6 is 0 Å². The molecule has 0 atom stereocenters. The summed E-state index contributed by atoms with van der Waals surface area (Å²) >= 11 is 0. The second-order valence-electron chi connectivity index (χ2n) is 4.82. The molecule has 1 aliphatic heterocycles. The Balaban J connectivity index is 2.19. The average molecular weight is 256 g/mol. The van der Waals surface area contributed by atoms with E-state index in [0.29, 0.717) is 12.2 Å². The molecular weight excluding hydrogens is 240 g/mol. The zero-order valence-corrected chi connectivity index (χ0v) is 11.1. The summed E-state index contributed by atoms with van der Waals surface area (Å²) in [5.74, 6) is 0.803. The number of carbonyl (C=O) groups excluding carboxylic acids is 1. The van der Waals surface area contributed by atoms with Crippen LogP contribution in [0.4, 0.5) is 11.5 Å². The van der Waals surface area contributed by atoms with Crippen molar-refractivity contribution < 1.29 is 4.79 Å². The normalized spacial score (nSPS) is 14.6.